The standard InChI is InChI=1S/C18H23N5/c1-2-7-14(8-3-1)17-19-13-20-18(22-17)21-15-9-6-12-23-11-5-4-10-16(15)23/h1-3,7-8,13,15-16H,4-6,9-12H2,(H,19,20,21,22). The van der Waals surface area contributed by atoms with Crippen LogP contribution in [0.1, 0.15) is 32.1 Å². The summed E-state index contributed by atoms with van der Waals surface area (Å²) in [6.45, 7) is 2.49. The Hall–Kier alpha value is -2.01. The highest BCUT2D eigenvalue weighted by molar-refractivity contribution is 5.55. The molecular weight excluding hydrogens is 286 g/mol. The summed E-state index contributed by atoms with van der Waals surface area (Å²) in [5, 5.41) is 3.59. The Morgan fingerprint density at radius 2 is 1.83 bits per heavy atom. The zero-order chi connectivity index (χ0) is 15.5. The molecule has 1 aromatic carbocycles. The lowest BCUT2D eigenvalue weighted by Crippen LogP contribution is -2.53. The van der Waals surface area contributed by atoms with Crippen LogP contribution in [0.2, 0.25) is 0 Å². The number of nitrogens with zero attached hydrogens (tertiary/aromatic N) is 4. The number of hydrogen-bond acceptors (Lipinski definition) is 5. The molecule has 1 aromatic heterocycles. The average Bonchev–Trinajstić information content (AvgIpc) is 2.63. The van der Waals surface area contributed by atoms with E-state index in [1.54, 1.807) is 6.33 Å². The van der Waals surface area contributed by atoms with E-state index in [9.17, 15) is 0 Å². The van der Waals surface area contributed by atoms with E-state index in [4.69, 9.17) is 0 Å². The van der Waals surface area contributed by atoms with E-state index in [0.717, 1.165) is 11.4 Å². The van der Waals surface area contributed by atoms with Gasteiger partial charge in [0.15, 0.2) is 5.82 Å². The monoisotopic (exact) mass is 309 g/mol. The minimum atomic E-state index is 0.454. The van der Waals surface area contributed by atoms with Crippen LogP contribution < -0.4 is 5.32 Å². The molecule has 1 N–H and O–H groups in total. The Kier molecular flexibility index (Phi) is 4.20. The Bertz CT molecular complexity index is 643. The topological polar surface area (TPSA) is 53.9 Å². The number of piperidine rings is 2. The van der Waals surface area contributed by atoms with Gasteiger partial charge in [0.25, 0.3) is 0 Å². The molecule has 0 bridgehead atoms. The average molecular weight is 309 g/mol. The van der Waals surface area contributed by atoms with Crippen molar-refractivity contribution in [2.24, 2.45) is 0 Å². The molecule has 0 saturated carbocycles. The maximum absolute atomic E-state index is 4.62. The molecule has 4 rings (SSSR count). The van der Waals surface area contributed by atoms with Crippen molar-refractivity contribution in [3.8, 4) is 11.4 Å². The van der Waals surface area contributed by atoms with Crippen molar-refractivity contribution in [1.29, 1.82) is 0 Å². The van der Waals surface area contributed by atoms with E-state index in [-0.39, 0.29) is 0 Å². The number of benzene rings is 1. The first-order chi connectivity index (χ1) is 11.4. The van der Waals surface area contributed by atoms with Gasteiger partial charge in [0.05, 0.1) is 0 Å². The van der Waals surface area contributed by atoms with Gasteiger partial charge in [-0.05, 0) is 38.8 Å². The summed E-state index contributed by atoms with van der Waals surface area (Å²) in [6.07, 6.45) is 8.03. The zero-order valence-electron chi connectivity index (χ0n) is 13.4. The molecule has 0 amide bonds. The van der Waals surface area contributed by atoms with E-state index in [1.165, 1.54) is 45.2 Å². The van der Waals surface area contributed by atoms with Crippen molar-refractivity contribution in [3.05, 3.63) is 36.7 Å². The quantitative estimate of drug-likeness (QED) is 0.944. The third kappa shape index (κ3) is 3.20. The van der Waals surface area contributed by atoms with Gasteiger partial charge >= 0.3 is 0 Å². The van der Waals surface area contributed by atoms with Gasteiger partial charge in [0.1, 0.15) is 6.33 Å². The van der Waals surface area contributed by atoms with Crippen LogP contribution in [-0.4, -0.2) is 45.0 Å². The van der Waals surface area contributed by atoms with E-state index in [1.807, 2.05) is 30.3 Å². The van der Waals surface area contributed by atoms with Gasteiger partial charge < -0.3 is 5.32 Å². The molecule has 2 aliphatic heterocycles. The maximum atomic E-state index is 4.62. The van der Waals surface area contributed by atoms with Crippen LogP contribution >= 0.6 is 0 Å². The van der Waals surface area contributed by atoms with E-state index in [0.29, 0.717) is 18.0 Å². The van der Waals surface area contributed by atoms with Gasteiger partial charge in [0, 0.05) is 17.6 Å². The summed E-state index contributed by atoms with van der Waals surface area (Å²) in [5.74, 6) is 1.44. The minimum absolute atomic E-state index is 0.454. The number of aromatic nitrogens is 3. The number of fused-ring (bicyclic) bond motifs is 1. The molecular formula is C18H23N5. The number of nitrogens with one attached hydrogen (secondary N) is 1. The Labute approximate surface area is 137 Å². The fourth-order valence-corrected chi connectivity index (χ4v) is 3.88. The molecule has 2 aliphatic rings. The third-order valence-corrected chi connectivity index (χ3v) is 5.01. The van der Waals surface area contributed by atoms with Gasteiger partial charge in [-0.25, -0.2) is 9.97 Å². The van der Waals surface area contributed by atoms with Gasteiger partial charge in [-0.15, -0.1) is 0 Å². The first-order valence-corrected chi connectivity index (χ1v) is 8.65. The molecule has 0 aliphatic carbocycles. The zero-order valence-corrected chi connectivity index (χ0v) is 13.4. The molecule has 5 nitrogen and oxygen atoms in total. The molecule has 2 unspecified atom stereocenters. The van der Waals surface area contributed by atoms with Crippen LogP contribution in [0.5, 0.6) is 0 Å². The highest BCUT2D eigenvalue weighted by Gasteiger charge is 2.33. The van der Waals surface area contributed by atoms with E-state index >= 15 is 0 Å². The van der Waals surface area contributed by atoms with Crippen LogP contribution in [0.4, 0.5) is 5.95 Å². The second-order valence-corrected chi connectivity index (χ2v) is 6.49. The van der Waals surface area contributed by atoms with Crippen molar-refractivity contribution < 1.29 is 0 Å². The van der Waals surface area contributed by atoms with Crippen molar-refractivity contribution >= 4 is 5.95 Å². The lowest BCUT2D eigenvalue weighted by atomic mass is 9.89. The summed E-state index contributed by atoms with van der Waals surface area (Å²) < 4.78 is 0. The minimum Gasteiger partial charge on any atom is -0.350 e. The summed E-state index contributed by atoms with van der Waals surface area (Å²) in [4.78, 5) is 15.9. The van der Waals surface area contributed by atoms with Gasteiger partial charge in [-0.2, -0.15) is 4.98 Å². The molecule has 2 atom stereocenters. The first kappa shape index (κ1) is 14.6. The van der Waals surface area contributed by atoms with Crippen molar-refractivity contribution in [2.45, 2.75) is 44.2 Å². The summed E-state index contributed by atoms with van der Waals surface area (Å²) in [6, 6.07) is 11.2. The Balaban J connectivity index is 1.52. The molecule has 2 saturated heterocycles. The molecule has 0 radical (unpaired) electrons. The molecule has 3 heterocycles. The van der Waals surface area contributed by atoms with Crippen LogP contribution in [0.25, 0.3) is 11.4 Å². The molecule has 120 valence electrons. The van der Waals surface area contributed by atoms with Gasteiger partial charge in [-0.1, -0.05) is 36.8 Å². The lowest BCUT2D eigenvalue weighted by Gasteiger charge is -2.44. The number of hydrogen-bond donors (Lipinski definition) is 1. The van der Waals surface area contributed by atoms with Crippen LogP contribution in [0.3, 0.4) is 0 Å². The first-order valence-electron chi connectivity index (χ1n) is 8.65. The lowest BCUT2D eigenvalue weighted by molar-refractivity contribution is 0.0975. The van der Waals surface area contributed by atoms with Crippen molar-refractivity contribution in [2.75, 3.05) is 18.4 Å². The smallest absolute Gasteiger partial charge is 0.226 e. The highest BCUT2D eigenvalue weighted by Crippen LogP contribution is 2.28. The van der Waals surface area contributed by atoms with Gasteiger partial charge in [0.2, 0.25) is 5.95 Å². The molecule has 5 heteroatoms. The molecule has 23 heavy (non-hydrogen) atoms. The summed E-state index contributed by atoms with van der Waals surface area (Å²) in [5.41, 5.74) is 1.03. The fourth-order valence-electron chi connectivity index (χ4n) is 3.88. The fraction of sp³-hybridized carbons (Fsp3) is 0.500. The Morgan fingerprint density at radius 1 is 0.957 bits per heavy atom. The predicted molar refractivity (Wildman–Crippen MR) is 91.1 cm³/mol. The predicted octanol–water partition coefficient (Wildman–Crippen LogP) is 2.97. The number of anilines is 1. The normalized spacial score (nSPS) is 24.9. The summed E-state index contributed by atoms with van der Waals surface area (Å²) in [7, 11) is 0. The Morgan fingerprint density at radius 3 is 2.74 bits per heavy atom. The second kappa shape index (κ2) is 6.62. The largest absolute Gasteiger partial charge is 0.350 e. The molecule has 2 fully saturated rings. The van der Waals surface area contributed by atoms with Crippen LogP contribution in [0.15, 0.2) is 36.7 Å². The number of rotatable bonds is 3. The third-order valence-electron chi connectivity index (χ3n) is 5.01. The SMILES string of the molecule is c1ccc(-c2ncnc(NC3CCCN4CCCCC34)n2)cc1. The van der Waals surface area contributed by atoms with Crippen LogP contribution in [0, 0.1) is 0 Å². The van der Waals surface area contributed by atoms with Gasteiger partial charge in [-0.3, -0.25) is 4.90 Å². The summed E-state index contributed by atoms with van der Waals surface area (Å²) >= 11 is 0. The second-order valence-electron chi connectivity index (χ2n) is 6.49. The molecule has 2 aromatic rings. The maximum Gasteiger partial charge on any atom is 0.226 e. The highest BCUT2D eigenvalue weighted by atomic mass is 15.2. The van der Waals surface area contributed by atoms with E-state index in [2.05, 4.69) is 25.2 Å². The van der Waals surface area contributed by atoms with E-state index < -0.39 is 0 Å². The van der Waals surface area contributed by atoms with Crippen LogP contribution in [-0.2, 0) is 0 Å². The van der Waals surface area contributed by atoms with Crippen molar-refractivity contribution in [3.63, 3.8) is 0 Å². The molecule has 0 spiro atoms. The van der Waals surface area contributed by atoms with Crippen molar-refractivity contribution in [1.82, 2.24) is 19.9 Å².